The minimum Gasteiger partial charge on any atom is -0.343 e. The van der Waals surface area contributed by atoms with Crippen LogP contribution in [0, 0.1) is 13.8 Å². The first-order valence-electron chi connectivity index (χ1n) is 10.9. The topological polar surface area (TPSA) is 66.8 Å². The minimum atomic E-state index is 0.253. The van der Waals surface area contributed by atoms with E-state index < -0.39 is 0 Å². The molecule has 0 atom stereocenters. The number of rotatable bonds is 6. The van der Waals surface area contributed by atoms with Gasteiger partial charge in [0.15, 0.2) is 0 Å². The molecule has 30 heavy (non-hydrogen) atoms. The second kappa shape index (κ2) is 8.86. The molecular weight excluding hydrogens is 374 g/mol. The van der Waals surface area contributed by atoms with E-state index in [4.69, 9.17) is 0 Å². The van der Waals surface area contributed by atoms with Crippen LogP contribution >= 0.6 is 0 Å². The predicted octanol–water partition coefficient (Wildman–Crippen LogP) is 3.69. The molecule has 0 aliphatic carbocycles. The van der Waals surface area contributed by atoms with Crippen LogP contribution in [-0.4, -0.2) is 43.9 Å². The number of aromatic nitrogens is 4. The summed E-state index contributed by atoms with van der Waals surface area (Å²) < 4.78 is 1.90. The van der Waals surface area contributed by atoms with Crippen LogP contribution in [-0.2, 0) is 24.7 Å². The van der Waals surface area contributed by atoms with Crippen molar-refractivity contribution in [2.75, 3.05) is 13.1 Å². The van der Waals surface area contributed by atoms with Crippen molar-refractivity contribution in [1.82, 2.24) is 24.9 Å². The third kappa shape index (κ3) is 4.48. The summed E-state index contributed by atoms with van der Waals surface area (Å²) in [6.07, 6.45) is 4.16. The number of carbonyl (C=O) groups excluding carboxylic acids is 1. The summed E-state index contributed by atoms with van der Waals surface area (Å²) in [7, 11) is 1.96. The standard InChI is InChI=1S/C24H31N5O/c1-17-22(18(2)28(3)27-17)9-10-24(30)29-13-11-20(12-14-29)23-16-21(25-26-23)15-19-7-5-4-6-8-19/h4-8,16,20H,9-15H2,1-3H3,(H,25,26). The van der Waals surface area contributed by atoms with Gasteiger partial charge in [0.25, 0.3) is 0 Å². The Bertz CT molecular complexity index is 996. The van der Waals surface area contributed by atoms with Gasteiger partial charge in [-0.1, -0.05) is 30.3 Å². The van der Waals surface area contributed by atoms with Crippen molar-refractivity contribution < 1.29 is 4.79 Å². The largest absolute Gasteiger partial charge is 0.343 e. The van der Waals surface area contributed by atoms with Crippen molar-refractivity contribution in [2.24, 2.45) is 7.05 Å². The maximum atomic E-state index is 12.7. The van der Waals surface area contributed by atoms with Gasteiger partial charge in [0.2, 0.25) is 5.91 Å². The fraction of sp³-hybridized carbons (Fsp3) is 0.458. The molecule has 4 rings (SSSR count). The highest BCUT2D eigenvalue weighted by Crippen LogP contribution is 2.28. The van der Waals surface area contributed by atoms with Crippen LogP contribution in [0.5, 0.6) is 0 Å². The second-order valence-electron chi connectivity index (χ2n) is 8.41. The molecule has 1 saturated heterocycles. The molecule has 3 aromatic rings. The highest BCUT2D eigenvalue weighted by atomic mass is 16.2. The Balaban J connectivity index is 1.28. The maximum absolute atomic E-state index is 12.7. The van der Waals surface area contributed by atoms with Crippen LogP contribution in [0.4, 0.5) is 0 Å². The zero-order chi connectivity index (χ0) is 21.1. The lowest BCUT2D eigenvalue weighted by molar-refractivity contribution is -0.132. The van der Waals surface area contributed by atoms with Gasteiger partial charge in [-0.3, -0.25) is 14.6 Å². The van der Waals surface area contributed by atoms with Crippen molar-refractivity contribution in [2.45, 2.75) is 51.9 Å². The van der Waals surface area contributed by atoms with Crippen molar-refractivity contribution in [3.63, 3.8) is 0 Å². The van der Waals surface area contributed by atoms with Gasteiger partial charge in [-0.2, -0.15) is 10.2 Å². The molecule has 1 aromatic carbocycles. The summed E-state index contributed by atoms with van der Waals surface area (Å²) in [6.45, 7) is 5.72. The first-order valence-corrected chi connectivity index (χ1v) is 10.9. The average molecular weight is 406 g/mol. The van der Waals surface area contributed by atoms with E-state index in [0.717, 1.165) is 61.5 Å². The van der Waals surface area contributed by atoms with E-state index >= 15 is 0 Å². The SMILES string of the molecule is Cc1nn(C)c(C)c1CCC(=O)N1CCC(c2cc(Cc3ccccc3)[nH]n2)CC1. The van der Waals surface area contributed by atoms with Crippen molar-refractivity contribution >= 4 is 5.91 Å². The molecular formula is C24H31N5O. The van der Waals surface area contributed by atoms with E-state index in [1.807, 2.05) is 29.6 Å². The number of nitrogens with zero attached hydrogens (tertiary/aromatic N) is 4. The lowest BCUT2D eigenvalue weighted by Crippen LogP contribution is -2.38. The Morgan fingerprint density at radius 2 is 1.90 bits per heavy atom. The molecule has 1 N–H and O–H groups in total. The van der Waals surface area contributed by atoms with Crippen LogP contribution in [0.25, 0.3) is 0 Å². The Morgan fingerprint density at radius 3 is 2.57 bits per heavy atom. The van der Waals surface area contributed by atoms with Gasteiger partial charge < -0.3 is 4.90 Å². The minimum absolute atomic E-state index is 0.253. The van der Waals surface area contributed by atoms with E-state index in [1.165, 1.54) is 11.1 Å². The molecule has 3 heterocycles. The summed E-state index contributed by atoms with van der Waals surface area (Å²) in [5.74, 6) is 0.681. The van der Waals surface area contributed by atoms with Crippen LogP contribution < -0.4 is 0 Å². The monoisotopic (exact) mass is 405 g/mol. The number of aryl methyl sites for hydroxylation is 2. The lowest BCUT2D eigenvalue weighted by Gasteiger charge is -2.31. The van der Waals surface area contributed by atoms with E-state index in [0.29, 0.717) is 12.3 Å². The molecule has 0 bridgehead atoms. The normalized spacial score (nSPS) is 15.0. The third-order valence-electron chi connectivity index (χ3n) is 6.40. The molecule has 1 aliphatic rings. The summed E-state index contributed by atoms with van der Waals surface area (Å²) in [5.41, 5.74) is 6.97. The number of nitrogens with one attached hydrogen (secondary N) is 1. The molecule has 1 amide bonds. The number of hydrogen-bond acceptors (Lipinski definition) is 3. The Morgan fingerprint density at radius 1 is 1.17 bits per heavy atom. The van der Waals surface area contributed by atoms with Gasteiger partial charge in [-0.15, -0.1) is 0 Å². The lowest BCUT2D eigenvalue weighted by atomic mass is 9.93. The molecule has 158 valence electrons. The van der Waals surface area contributed by atoms with Gasteiger partial charge in [-0.05, 0) is 50.3 Å². The number of amides is 1. The number of likely N-dealkylation sites (tertiary alicyclic amines) is 1. The van der Waals surface area contributed by atoms with Gasteiger partial charge in [-0.25, -0.2) is 0 Å². The third-order valence-corrected chi connectivity index (χ3v) is 6.40. The molecule has 0 radical (unpaired) electrons. The molecule has 6 heteroatoms. The fourth-order valence-corrected chi connectivity index (χ4v) is 4.49. The number of hydrogen-bond donors (Lipinski definition) is 1. The Hall–Kier alpha value is -2.89. The number of benzene rings is 1. The summed E-state index contributed by atoms with van der Waals surface area (Å²) in [6, 6.07) is 12.6. The summed E-state index contributed by atoms with van der Waals surface area (Å²) >= 11 is 0. The molecule has 0 spiro atoms. The Kier molecular flexibility index (Phi) is 6.02. The molecule has 1 fully saturated rings. The highest BCUT2D eigenvalue weighted by molar-refractivity contribution is 5.76. The van der Waals surface area contributed by atoms with Gasteiger partial charge in [0.1, 0.15) is 0 Å². The van der Waals surface area contributed by atoms with Crippen molar-refractivity contribution in [3.05, 3.63) is 70.3 Å². The quantitative estimate of drug-likeness (QED) is 0.680. The Labute approximate surface area is 178 Å². The number of H-pyrrole nitrogens is 1. The van der Waals surface area contributed by atoms with E-state index in [-0.39, 0.29) is 5.91 Å². The van der Waals surface area contributed by atoms with Crippen LogP contribution in [0.2, 0.25) is 0 Å². The maximum Gasteiger partial charge on any atom is 0.222 e. The highest BCUT2D eigenvalue weighted by Gasteiger charge is 2.25. The molecule has 1 aliphatic heterocycles. The molecule has 0 saturated carbocycles. The van der Waals surface area contributed by atoms with E-state index in [2.05, 4.69) is 52.6 Å². The van der Waals surface area contributed by atoms with Crippen LogP contribution in [0.3, 0.4) is 0 Å². The predicted molar refractivity (Wildman–Crippen MR) is 117 cm³/mol. The fourth-order valence-electron chi connectivity index (χ4n) is 4.49. The van der Waals surface area contributed by atoms with Crippen LogP contribution in [0.1, 0.15) is 59.1 Å². The number of piperidine rings is 1. The van der Waals surface area contributed by atoms with E-state index in [1.54, 1.807) is 0 Å². The van der Waals surface area contributed by atoms with Gasteiger partial charge in [0, 0.05) is 50.3 Å². The van der Waals surface area contributed by atoms with E-state index in [9.17, 15) is 4.79 Å². The van der Waals surface area contributed by atoms with Gasteiger partial charge in [0.05, 0.1) is 11.4 Å². The average Bonchev–Trinajstić information content (AvgIpc) is 3.31. The first kappa shape index (κ1) is 20.4. The summed E-state index contributed by atoms with van der Waals surface area (Å²) in [5, 5.41) is 12.2. The van der Waals surface area contributed by atoms with Crippen molar-refractivity contribution in [3.8, 4) is 0 Å². The number of carbonyl (C=O) groups is 1. The van der Waals surface area contributed by atoms with Gasteiger partial charge >= 0.3 is 0 Å². The zero-order valence-electron chi connectivity index (χ0n) is 18.2. The summed E-state index contributed by atoms with van der Waals surface area (Å²) in [4.78, 5) is 14.8. The van der Waals surface area contributed by atoms with Crippen LogP contribution in [0.15, 0.2) is 36.4 Å². The molecule has 2 aromatic heterocycles. The second-order valence-corrected chi connectivity index (χ2v) is 8.41. The zero-order valence-corrected chi connectivity index (χ0v) is 18.2. The smallest absolute Gasteiger partial charge is 0.222 e. The molecule has 0 unspecified atom stereocenters. The molecule has 6 nitrogen and oxygen atoms in total. The number of aromatic amines is 1. The van der Waals surface area contributed by atoms with Crippen molar-refractivity contribution in [1.29, 1.82) is 0 Å². The first-order chi connectivity index (χ1) is 14.5.